The van der Waals surface area contributed by atoms with Gasteiger partial charge in [0, 0.05) is 11.8 Å². The fraction of sp³-hybridized carbons (Fsp3) is 0.111. The maximum Gasteiger partial charge on any atom is 0.251 e. The van der Waals surface area contributed by atoms with E-state index >= 15 is 0 Å². The van der Waals surface area contributed by atoms with Gasteiger partial charge in [0.15, 0.2) is 10.3 Å². The van der Waals surface area contributed by atoms with Crippen LogP contribution in [0.3, 0.4) is 0 Å². The number of nitrogens with two attached hydrogens (primary N) is 1. The quantitative estimate of drug-likeness (QED) is 0.740. The van der Waals surface area contributed by atoms with E-state index in [9.17, 15) is 4.79 Å². The van der Waals surface area contributed by atoms with Gasteiger partial charge < -0.3 is 10.7 Å². The third kappa shape index (κ3) is 2.57. The van der Waals surface area contributed by atoms with Crippen LogP contribution in [0.1, 0.15) is 5.69 Å². The molecule has 2 heterocycles. The molecule has 0 fully saturated rings. The predicted octanol–water partition coefficient (Wildman–Crippen LogP) is 0.602. The Hall–Kier alpha value is -1.89. The van der Waals surface area contributed by atoms with Crippen LogP contribution in [0.25, 0.3) is 0 Å². The van der Waals surface area contributed by atoms with Gasteiger partial charge in [-0.25, -0.2) is 15.0 Å². The lowest BCUT2D eigenvalue weighted by Gasteiger charge is -1.99. The number of anilines is 1. The molecule has 0 saturated carbocycles. The lowest BCUT2D eigenvalue weighted by molar-refractivity contribution is 0.889. The Kier molecular flexibility index (Phi) is 2.86. The Morgan fingerprint density at radius 3 is 2.69 bits per heavy atom. The van der Waals surface area contributed by atoms with E-state index in [4.69, 9.17) is 5.73 Å². The van der Waals surface area contributed by atoms with Crippen molar-refractivity contribution in [2.24, 2.45) is 0 Å². The van der Waals surface area contributed by atoms with E-state index in [1.54, 1.807) is 6.92 Å². The van der Waals surface area contributed by atoms with Gasteiger partial charge in [-0.1, -0.05) is 0 Å². The second-order valence-electron chi connectivity index (χ2n) is 3.09. The number of aromatic nitrogens is 4. The van der Waals surface area contributed by atoms with E-state index in [1.165, 1.54) is 30.2 Å². The zero-order valence-electron chi connectivity index (χ0n) is 8.47. The second-order valence-corrected chi connectivity index (χ2v) is 4.05. The summed E-state index contributed by atoms with van der Waals surface area (Å²) in [6, 6.07) is 1.42. The van der Waals surface area contributed by atoms with Gasteiger partial charge in [0.2, 0.25) is 0 Å². The first-order valence-corrected chi connectivity index (χ1v) is 5.28. The lowest BCUT2D eigenvalue weighted by atomic mass is 10.5. The molecule has 0 aromatic carbocycles. The maximum atomic E-state index is 11.2. The molecule has 0 saturated heterocycles. The average molecular weight is 235 g/mol. The molecule has 0 aliphatic rings. The normalized spacial score (nSPS) is 10.3. The molecule has 16 heavy (non-hydrogen) atoms. The molecular weight excluding hydrogens is 226 g/mol. The molecule has 0 aliphatic heterocycles. The standard InChI is InChI=1S/C9H9N5OS/c1-5-2-7(15)14-9(13-5)16-8-11-3-6(10)4-12-8/h2-4H,10H2,1H3,(H,13,14,15). The Labute approximate surface area is 95.4 Å². The third-order valence-electron chi connectivity index (χ3n) is 1.68. The van der Waals surface area contributed by atoms with Gasteiger partial charge in [0.1, 0.15) is 0 Å². The van der Waals surface area contributed by atoms with Gasteiger partial charge in [0.25, 0.3) is 5.56 Å². The number of hydrogen-bond acceptors (Lipinski definition) is 6. The van der Waals surface area contributed by atoms with E-state index < -0.39 is 0 Å². The Balaban J connectivity index is 2.26. The van der Waals surface area contributed by atoms with Crippen LogP contribution in [0.15, 0.2) is 33.6 Å². The molecule has 0 bridgehead atoms. The zero-order valence-corrected chi connectivity index (χ0v) is 9.28. The van der Waals surface area contributed by atoms with Gasteiger partial charge in [-0.15, -0.1) is 0 Å². The highest BCUT2D eigenvalue weighted by atomic mass is 32.2. The predicted molar refractivity (Wildman–Crippen MR) is 60.2 cm³/mol. The van der Waals surface area contributed by atoms with Crippen molar-refractivity contribution in [2.75, 3.05) is 5.73 Å². The summed E-state index contributed by atoms with van der Waals surface area (Å²) in [6.07, 6.45) is 3.01. The summed E-state index contributed by atoms with van der Waals surface area (Å²) in [5, 5.41) is 0.956. The Morgan fingerprint density at radius 2 is 2.06 bits per heavy atom. The summed E-state index contributed by atoms with van der Waals surface area (Å²) < 4.78 is 0. The van der Waals surface area contributed by atoms with Crippen LogP contribution in [0.2, 0.25) is 0 Å². The van der Waals surface area contributed by atoms with Crippen LogP contribution < -0.4 is 11.3 Å². The Morgan fingerprint density at radius 1 is 1.38 bits per heavy atom. The Bertz CT molecular complexity index is 551. The first kappa shape index (κ1) is 10.6. The number of hydrogen-bond donors (Lipinski definition) is 2. The lowest BCUT2D eigenvalue weighted by Crippen LogP contribution is -2.08. The van der Waals surface area contributed by atoms with Crippen molar-refractivity contribution in [3.05, 3.63) is 34.5 Å². The SMILES string of the molecule is Cc1cc(=O)[nH]c(Sc2ncc(N)cn2)n1. The van der Waals surface area contributed by atoms with E-state index in [0.717, 1.165) is 0 Å². The van der Waals surface area contributed by atoms with Gasteiger partial charge >= 0.3 is 0 Å². The van der Waals surface area contributed by atoms with Crippen LogP contribution in [0, 0.1) is 6.92 Å². The number of H-pyrrole nitrogens is 1. The summed E-state index contributed by atoms with van der Waals surface area (Å²) >= 11 is 1.18. The first-order valence-electron chi connectivity index (χ1n) is 4.47. The topological polar surface area (TPSA) is 97.5 Å². The fourth-order valence-electron chi connectivity index (χ4n) is 1.07. The minimum atomic E-state index is -0.189. The molecule has 2 rings (SSSR count). The molecular formula is C9H9N5OS. The number of rotatable bonds is 2. The minimum Gasteiger partial charge on any atom is -0.396 e. The molecule has 6 nitrogen and oxygen atoms in total. The molecule has 0 aliphatic carbocycles. The number of nitrogens with zero attached hydrogens (tertiary/aromatic N) is 3. The smallest absolute Gasteiger partial charge is 0.251 e. The second kappa shape index (κ2) is 4.31. The van der Waals surface area contributed by atoms with Gasteiger partial charge in [-0.3, -0.25) is 4.79 Å². The molecule has 0 amide bonds. The number of aryl methyl sites for hydroxylation is 1. The van der Waals surface area contributed by atoms with E-state index in [2.05, 4.69) is 19.9 Å². The first-order chi connectivity index (χ1) is 7.63. The summed E-state index contributed by atoms with van der Waals surface area (Å²) in [5.74, 6) is 0. The third-order valence-corrected chi connectivity index (χ3v) is 2.46. The molecule has 3 N–H and O–H groups in total. The van der Waals surface area contributed by atoms with Crippen molar-refractivity contribution in [1.82, 2.24) is 19.9 Å². The largest absolute Gasteiger partial charge is 0.396 e. The summed E-state index contributed by atoms with van der Waals surface area (Å²) in [7, 11) is 0. The van der Waals surface area contributed by atoms with Crippen molar-refractivity contribution in [1.29, 1.82) is 0 Å². The van der Waals surface area contributed by atoms with E-state index in [1.807, 2.05) is 0 Å². The van der Waals surface area contributed by atoms with Crippen molar-refractivity contribution < 1.29 is 0 Å². The van der Waals surface area contributed by atoms with Crippen molar-refractivity contribution >= 4 is 17.4 Å². The molecule has 0 spiro atoms. The van der Waals surface area contributed by atoms with Crippen LogP contribution in [-0.4, -0.2) is 19.9 Å². The zero-order chi connectivity index (χ0) is 11.5. The van der Waals surface area contributed by atoms with E-state index in [0.29, 0.717) is 21.7 Å². The summed E-state index contributed by atoms with van der Waals surface area (Å²) in [5.41, 5.74) is 6.42. The van der Waals surface area contributed by atoms with Gasteiger partial charge in [-0.2, -0.15) is 0 Å². The number of aromatic amines is 1. The van der Waals surface area contributed by atoms with Gasteiger partial charge in [-0.05, 0) is 18.7 Å². The highest BCUT2D eigenvalue weighted by Crippen LogP contribution is 2.19. The fourth-order valence-corrected chi connectivity index (χ4v) is 1.79. The monoisotopic (exact) mass is 235 g/mol. The molecule has 7 heteroatoms. The van der Waals surface area contributed by atoms with Crippen LogP contribution in [0.4, 0.5) is 5.69 Å². The van der Waals surface area contributed by atoms with Crippen LogP contribution >= 0.6 is 11.8 Å². The van der Waals surface area contributed by atoms with Crippen molar-refractivity contribution in [3.8, 4) is 0 Å². The minimum absolute atomic E-state index is 0.189. The molecule has 0 atom stereocenters. The van der Waals surface area contributed by atoms with Crippen LogP contribution in [-0.2, 0) is 0 Å². The molecule has 2 aromatic rings. The highest BCUT2D eigenvalue weighted by molar-refractivity contribution is 7.99. The van der Waals surface area contributed by atoms with Crippen molar-refractivity contribution in [3.63, 3.8) is 0 Å². The molecule has 2 aromatic heterocycles. The highest BCUT2D eigenvalue weighted by Gasteiger charge is 2.03. The molecule has 0 radical (unpaired) electrons. The average Bonchev–Trinajstić information content (AvgIpc) is 2.20. The number of nitrogens with one attached hydrogen (secondary N) is 1. The van der Waals surface area contributed by atoms with Crippen LogP contribution in [0.5, 0.6) is 0 Å². The molecule has 0 unspecified atom stereocenters. The van der Waals surface area contributed by atoms with Crippen molar-refractivity contribution in [2.45, 2.75) is 17.2 Å². The maximum absolute atomic E-state index is 11.2. The molecule has 82 valence electrons. The number of nitrogen functional groups attached to an aromatic ring is 1. The van der Waals surface area contributed by atoms with E-state index in [-0.39, 0.29) is 5.56 Å². The summed E-state index contributed by atoms with van der Waals surface area (Å²) in [6.45, 7) is 1.75. The summed E-state index contributed by atoms with van der Waals surface area (Å²) in [4.78, 5) is 25.9. The van der Waals surface area contributed by atoms with Gasteiger partial charge in [0.05, 0.1) is 18.1 Å².